The van der Waals surface area contributed by atoms with Gasteiger partial charge < -0.3 is 19.9 Å². The Kier molecular flexibility index (Phi) is 3.94. The third-order valence-electron chi connectivity index (χ3n) is 5.26. The largest absolute Gasteiger partial charge is 0.465 e. The molecule has 0 radical (unpaired) electrons. The highest BCUT2D eigenvalue weighted by Crippen LogP contribution is 2.26. The molecule has 2 amide bonds. The average molecular weight is 390 g/mol. The van der Waals surface area contributed by atoms with Gasteiger partial charge in [-0.2, -0.15) is 5.10 Å². The first-order valence-corrected chi connectivity index (χ1v) is 9.30. The number of amides is 2. The van der Waals surface area contributed by atoms with E-state index < -0.39 is 6.09 Å². The zero-order chi connectivity index (χ0) is 20.0. The van der Waals surface area contributed by atoms with Crippen molar-refractivity contribution in [1.82, 2.24) is 30.0 Å². The minimum absolute atomic E-state index is 0.113. The summed E-state index contributed by atoms with van der Waals surface area (Å²) in [5, 5.41) is 17.4. The third-order valence-corrected chi connectivity index (χ3v) is 5.26. The topological polar surface area (TPSA) is 118 Å². The summed E-state index contributed by atoms with van der Waals surface area (Å²) in [6.07, 6.45) is -0.950. The van der Waals surface area contributed by atoms with Crippen LogP contribution in [0, 0.1) is 0 Å². The Morgan fingerprint density at radius 2 is 1.72 bits per heavy atom. The maximum atomic E-state index is 12.8. The smallest absolute Gasteiger partial charge is 0.407 e. The minimum Gasteiger partial charge on any atom is -0.465 e. The molecule has 146 valence electrons. The van der Waals surface area contributed by atoms with Crippen molar-refractivity contribution in [3.8, 4) is 11.5 Å². The van der Waals surface area contributed by atoms with Crippen LogP contribution in [0.5, 0.6) is 0 Å². The number of rotatable bonds is 2. The normalized spacial score (nSPS) is 14.6. The fourth-order valence-corrected chi connectivity index (χ4v) is 3.68. The average Bonchev–Trinajstić information content (AvgIpc) is 3.36. The quantitative estimate of drug-likeness (QED) is 0.486. The van der Waals surface area contributed by atoms with Gasteiger partial charge in [-0.3, -0.25) is 9.89 Å². The summed E-state index contributed by atoms with van der Waals surface area (Å²) in [6.45, 7) is 1.42. The first-order valence-electron chi connectivity index (χ1n) is 9.30. The molecule has 0 atom stereocenters. The molecule has 0 saturated carbocycles. The number of benzene rings is 2. The Balaban J connectivity index is 1.42. The number of hydrogen-bond acceptors (Lipinski definition) is 4. The molecule has 1 saturated heterocycles. The standard InChI is InChI=1S/C20H18N6O3/c27-19(25-7-9-26(10-8-25)20(28)29)12-5-6-15-16(11-12)22-18(21-15)17-13-3-1-2-4-14(13)23-24-17/h1-6,11H,7-10H2,(H,21,22)(H,23,24)(H,28,29). The van der Waals surface area contributed by atoms with Crippen molar-refractivity contribution < 1.29 is 14.7 Å². The van der Waals surface area contributed by atoms with Gasteiger partial charge in [0.1, 0.15) is 5.69 Å². The van der Waals surface area contributed by atoms with E-state index in [4.69, 9.17) is 5.11 Å². The minimum atomic E-state index is -0.950. The molecule has 0 unspecified atom stereocenters. The van der Waals surface area contributed by atoms with Gasteiger partial charge in [0.05, 0.1) is 16.6 Å². The summed E-state index contributed by atoms with van der Waals surface area (Å²) in [5.41, 5.74) is 3.71. The van der Waals surface area contributed by atoms with E-state index in [1.807, 2.05) is 30.3 Å². The molecule has 4 aromatic rings. The first-order chi connectivity index (χ1) is 14.1. The molecule has 29 heavy (non-hydrogen) atoms. The number of imidazole rings is 1. The van der Waals surface area contributed by atoms with Gasteiger partial charge in [0.25, 0.3) is 5.91 Å². The predicted octanol–water partition coefficient (Wildman–Crippen LogP) is 2.54. The Morgan fingerprint density at radius 3 is 2.52 bits per heavy atom. The Morgan fingerprint density at radius 1 is 0.966 bits per heavy atom. The monoisotopic (exact) mass is 390 g/mol. The maximum Gasteiger partial charge on any atom is 0.407 e. The van der Waals surface area contributed by atoms with Gasteiger partial charge in [0.2, 0.25) is 0 Å². The van der Waals surface area contributed by atoms with Crippen LogP contribution in [-0.2, 0) is 0 Å². The van der Waals surface area contributed by atoms with Crippen LogP contribution >= 0.6 is 0 Å². The highest BCUT2D eigenvalue weighted by molar-refractivity contribution is 5.98. The van der Waals surface area contributed by atoms with Gasteiger partial charge in [-0.25, -0.2) is 9.78 Å². The van der Waals surface area contributed by atoms with Crippen LogP contribution in [0.25, 0.3) is 33.5 Å². The van der Waals surface area contributed by atoms with Gasteiger partial charge in [0, 0.05) is 37.1 Å². The van der Waals surface area contributed by atoms with E-state index in [0.717, 1.165) is 27.6 Å². The van der Waals surface area contributed by atoms with Gasteiger partial charge in [-0.05, 0) is 24.3 Å². The van der Waals surface area contributed by atoms with E-state index in [9.17, 15) is 9.59 Å². The van der Waals surface area contributed by atoms with Crippen LogP contribution in [0.1, 0.15) is 10.4 Å². The number of hydrogen-bond donors (Lipinski definition) is 3. The number of H-pyrrole nitrogens is 2. The lowest BCUT2D eigenvalue weighted by molar-refractivity contribution is 0.0625. The van der Waals surface area contributed by atoms with Crippen LogP contribution < -0.4 is 0 Å². The van der Waals surface area contributed by atoms with E-state index in [2.05, 4.69) is 20.2 Å². The summed E-state index contributed by atoms with van der Waals surface area (Å²) < 4.78 is 0. The van der Waals surface area contributed by atoms with Crippen LogP contribution in [0.2, 0.25) is 0 Å². The second-order valence-electron chi connectivity index (χ2n) is 7.00. The van der Waals surface area contributed by atoms with E-state index in [1.165, 1.54) is 4.90 Å². The molecule has 2 aromatic carbocycles. The molecule has 0 spiro atoms. The van der Waals surface area contributed by atoms with E-state index >= 15 is 0 Å². The van der Waals surface area contributed by atoms with Gasteiger partial charge in [0.15, 0.2) is 5.82 Å². The first kappa shape index (κ1) is 17.2. The number of para-hydroxylation sites is 1. The van der Waals surface area contributed by atoms with Crippen molar-refractivity contribution in [2.45, 2.75) is 0 Å². The molecule has 1 aliphatic heterocycles. The van der Waals surface area contributed by atoms with Crippen molar-refractivity contribution in [3.63, 3.8) is 0 Å². The molecule has 9 nitrogen and oxygen atoms in total. The van der Waals surface area contributed by atoms with Crippen LogP contribution in [-0.4, -0.2) is 73.3 Å². The molecule has 1 fully saturated rings. The van der Waals surface area contributed by atoms with E-state index in [0.29, 0.717) is 37.6 Å². The highest BCUT2D eigenvalue weighted by atomic mass is 16.4. The van der Waals surface area contributed by atoms with Crippen LogP contribution in [0.3, 0.4) is 0 Å². The molecule has 9 heteroatoms. The number of nitrogens with zero attached hydrogens (tertiary/aromatic N) is 4. The SMILES string of the molecule is O=C(O)N1CCN(C(=O)c2ccc3nc(-c4n[nH]c5ccccc45)[nH]c3c2)CC1. The summed E-state index contributed by atoms with van der Waals surface area (Å²) >= 11 is 0. The van der Waals surface area contributed by atoms with Gasteiger partial charge >= 0.3 is 6.09 Å². The highest BCUT2D eigenvalue weighted by Gasteiger charge is 2.25. The van der Waals surface area contributed by atoms with E-state index in [-0.39, 0.29) is 5.91 Å². The Labute approximate surface area is 164 Å². The van der Waals surface area contributed by atoms with Crippen LogP contribution in [0.4, 0.5) is 4.79 Å². The Hall–Kier alpha value is -3.88. The Bertz CT molecular complexity index is 1240. The van der Waals surface area contributed by atoms with Crippen LogP contribution in [0.15, 0.2) is 42.5 Å². The molecular formula is C20H18N6O3. The van der Waals surface area contributed by atoms with Gasteiger partial charge in [-0.1, -0.05) is 18.2 Å². The lowest BCUT2D eigenvalue weighted by Crippen LogP contribution is -2.50. The number of carbonyl (C=O) groups is 2. The molecule has 3 heterocycles. The van der Waals surface area contributed by atoms with Crippen molar-refractivity contribution in [3.05, 3.63) is 48.0 Å². The molecule has 2 aromatic heterocycles. The number of aromatic amines is 2. The van der Waals surface area contributed by atoms with Crippen molar-refractivity contribution in [2.75, 3.05) is 26.2 Å². The lowest BCUT2D eigenvalue weighted by atomic mass is 10.1. The van der Waals surface area contributed by atoms with Crippen molar-refractivity contribution in [2.24, 2.45) is 0 Å². The lowest BCUT2D eigenvalue weighted by Gasteiger charge is -2.33. The number of carbonyl (C=O) groups excluding carboxylic acids is 1. The molecule has 1 aliphatic rings. The summed E-state index contributed by atoms with van der Waals surface area (Å²) in [7, 11) is 0. The fourth-order valence-electron chi connectivity index (χ4n) is 3.68. The number of piperazine rings is 1. The molecule has 3 N–H and O–H groups in total. The second-order valence-corrected chi connectivity index (χ2v) is 7.00. The zero-order valence-corrected chi connectivity index (χ0v) is 15.4. The predicted molar refractivity (Wildman–Crippen MR) is 107 cm³/mol. The van der Waals surface area contributed by atoms with E-state index in [1.54, 1.807) is 17.0 Å². The number of fused-ring (bicyclic) bond motifs is 2. The number of aromatic nitrogens is 4. The zero-order valence-electron chi connectivity index (χ0n) is 15.4. The van der Waals surface area contributed by atoms with Gasteiger partial charge in [-0.15, -0.1) is 0 Å². The van der Waals surface area contributed by atoms with Crippen molar-refractivity contribution in [1.29, 1.82) is 0 Å². The second kappa shape index (κ2) is 6.62. The number of carboxylic acid groups (broad SMARTS) is 1. The molecule has 5 rings (SSSR count). The summed E-state index contributed by atoms with van der Waals surface area (Å²) in [5.74, 6) is 0.524. The molecule has 0 bridgehead atoms. The van der Waals surface area contributed by atoms with Crippen molar-refractivity contribution >= 4 is 33.9 Å². The summed E-state index contributed by atoms with van der Waals surface area (Å²) in [4.78, 5) is 34.7. The number of nitrogens with one attached hydrogen (secondary N) is 2. The third kappa shape index (κ3) is 2.96. The molecule has 0 aliphatic carbocycles. The molecular weight excluding hydrogens is 372 g/mol. The maximum absolute atomic E-state index is 12.8. The fraction of sp³-hybridized carbons (Fsp3) is 0.200. The summed E-state index contributed by atoms with van der Waals surface area (Å²) in [6, 6.07) is 13.2.